The average molecular weight is 246 g/mol. The highest BCUT2D eigenvalue weighted by atomic mass is 16.2. The molecular formula is C15H22N2O. The fraction of sp³-hybridized carbons (Fsp3) is 0.533. The summed E-state index contributed by atoms with van der Waals surface area (Å²) in [5.74, 6) is 0.254. The molecule has 18 heavy (non-hydrogen) atoms. The Morgan fingerprint density at radius 3 is 2.78 bits per heavy atom. The molecule has 0 bridgehead atoms. The van der Waals surface area contributed by atoms with Crippen LogP contribution in [0.4, 0.5) is 5.69 Å². The quantitative estimate of drug-likeness (QED) is 0.830. The third-order valence-corrected chi connectivity index (χ3v) is 3.84. The van der Waals surface area contributed by atoms with Gasteiger partial charge in [-0.25, -0.2) is 0 Å². The summed E-state index contributed by atoms with van der Waals surface area (Å²) in [6.45, 7) is 0. The molecule has 1 aliphatic rings. The van der Waals surface area contributed by atoms with Crippen LogP contribution in [-0.4, -0.2) is 23.9 Å². The van der Waals surface area contributed by atoms with Crippen molar-refractivity contribution in [2.24, 2.45) is 0 Å². The van der Waals surface area contributed by atoms with E-state index < -0.39 is 0 Å². The first-order valence-electron chi connectivity index (χ1n) is 6.77. The van der Waals surface area contributed by atoms with E-state index in [9.17, 15) is 4.79 Å². The van der Waals surface area contributed by atoms with Gasteiger partial charge >= 0.3 is 0 Å². The third-order valence-electron chi connectivity index (χ3n) is 3.84. The monoisotopic (exact) mass is 246 g/mol. The van der Waals surface area contributed by atoms with Gasteiger partial charge < -0.3 is 10.6 Å². The van der Waals surface area contributed by atoms with E-state index in [1.165, 1.54) is 25.7 Å². The van der Waals surface area contributed by atoms with Gasteiger partial charge in [0.25, 0.3) is 0 Å². The maximum atomic E-state index is 12.1. The Bertz CT molecular complexity index is 411. The third kappa shape index (κ3) is 3.25. The predicted molar refractivity (Wildman–Crippen MR) is 74.2 cm³/mol. The lowest BCUT2D eigenvalue weighted by Crippen LogP contribution is -2.35. The molecule has 1 amide bonds. The van der Waals surface area contributed by atoms with Gasteiger partial charge in [0.15, 0.2) is 0 Å². The number of nitrogens with zero attached hydrogens (tertiary/aromatic N) is 1. The van der Waals surface area contributed by atoms with E-state index in [0.717, 1.165) is 17.7 Å². The van der Waals surface area contributed by atoms with Crippen LogP contribution in [0.5, 0.6) is 0 Å². The van der Waals surface area contributed by atoms with Crippen LogP contribution in [0.2, 0.25) is 0 Å². The zero-order valence-corrected chi connectivity index (χ0v) is 11.1. The Kier molecular flexibility index (Phi) is 4.24. The fourth-order valence-electron chi connectivity index (χ4n) is 2.67. The zero-order chi connectivity index (χ0) is 13.0. The van der Waals surface area contributed by atoms with E-state index in [1.54, 1.807) is 0 Å². The molecule has 1 aromatic rings. The van der Waals surface area contributed by atoms with E-state index in [2.05, 4.69) is 0 Å². The van der Waals surface area contributed by atoms with Gasteiger partial charge in [0, 0.05) is 25.2 Å². The van der Waals surface area contributed by atoms with Crippen molar-refractivity contribution in [3.05, 3.63) is 29.8 Å². The lowest BCUT2D eigenvalue weighted by Gasteiger charge is -2.24. The highest BCUT2D eigenvalue weighted by Gasteiger charge is 2.22. The normalized spacial score (nSPS) is 15.8. The van der Waals surface area contributed by atoms with E-state index in [1.807, 2.05) is 36.2 Å². The van der Waals surface area contributed by atoms with Crippen LogP contribution >= 0.6 is 0 Å². The van der Waals surface area contributed by atoms with Crippen molar-refractivity contribution < 1.29 is 4.79 Å². The number of anilines is 1. The van der Waals surface area contributed by atoms with Crippen LogP contribution in [0.1, 0.15) is 37.7 Å². The summed E-state index contributed by atoms with van der Waals surface area (Å²) in [7, 11) is 1.94. The summed E-state index contributed by atoms with van der Waals surface area (Å²) in [5.41, 5.74) is 7.64. The van der Waals surface area contributed by atoms with E-state index >= 15 is 0 Å². The molecule has 1 saturated carbocycles. The van der Waals surface area contributed by atoms with Crippen molar-refractivity contribution in [2.75, 3.05) is 12.8 Å². The SMILES string of the molecule is CN(C(=O)CCc1cccc(N)c1)C1CCCC1. The second-order valence-corrected chi connectivity index (χ2v) is 5.19. The van der Waals surface area contributed by atoms with Crippen LogP contribution in [0.25, 0.3) is 0 Å². The molecule has 2 rings (SSSR count). The Labute approximate surface area is 109 Å². The van der Waals surface area contributed by atoms with E-state index in [-0.39, 0.29) is 5.91 Å². The molecule has 1 aromatic carbocycles. The predicted octanol–water partition coefficient (Wildman–Crippen LogP) is 2.60. The average Bonchev–Trinajstić information content (AvgIpc) is 2.89. The second kappa shape index (κ2) is 5.89. The summed E-state index contributed by atoms with van der Waals surface area (Å²) in [5, 5.41) is 0. The second-order valence-electron chi connectivity index (χ2n) is 5.19. The van der Waals surface area contributed by atoms with Crippen LogP contribution < -0.4 is 5.73 Å². The Morgan fingerprint density at radius 2 is 2.11 bits per heavy atom. The molecule has 0 heterocycles. The fourth-order valence-corrected chi connectivity index (χ4v) is 2.67. The van der Waals surface area contributed by atoms with Gasteiger partial charge in [0.2, 0.25) is 5.91 Å². The lowest BCUT2D eigenvalue weighted by molar-refractivity contribution is -0.131. The standard InChI is InChI=1S/C15H22N2O/c1-17(14-7-2-3-8-14)15(18)10-9-12-5-4-6-13(16)11-12/h4-6,11,14H,2-3,7-10,16H2,1H3. The first-order chi connectivity index (χ1) is 8.66. The number of carbonyl (C=O) groups is 1. The number of hydrogen-bond acceptors (Lipinski definition) is 2. The number of hydrogen-bond donors (Lipinski definition) is 1. The molecule has 0 atom stereocenters. The Morgan fingerprint density at radius 1 is 1.39 bits per heavy atom. The Hall–Kier alpha value is -1.51. The maximum Gasteiger partial charge on any atom is 0.222 e. The molecular weight excluding hydrogens is 224 g/mol. The summed E-state index contributed by atoms with van der Waals surface area (Å²) < 4.78 is 0. The molecule has 3 heteroatoms. The van der Waals surface area contributed by atoms with Crippen LogP contribution in [0.15, 0.2) is 24.3 Å². The highest BCUT2D eigenvalue weighted by Crippen LogP contribution is 2.23. The summed E-state index contributed by atoms with van der Waals surface area (Å²) in [6.07, 6.45) is 6.22. The maximum absolute atomic E-state index is 12.1. The van der Waals surface area contributed by atoms with Crippen LogP contribution in [0.3, 0.4) is 0 Å². The summed E-state index contributed by atoms with van der Waals surface area (Å²) in [4.78, 5) is 14.0. The van der Waals surface area contributed by atoms with Crippen LogP contribution in [-0.2, 0) is 11.2 Å². The van der Waals surface area contributed by atoms with E-state index in [0.29, 0.717) is 12.5 Å². The number of nitrogens with two attached hydrogens (primary N) is 1. The van der Waals surface area contributed by atoms with Gasteiger partial charge in [-0.3, -0.25) is 4.79 Å². The zero-order valence-electron chi connectivity index (χ0n) is 11.1. The number of rotatable bonds is 4. The van der Waals surface area contributed by atoms with Crippen molar-refractivity contribution in [2.45, 2.75) is 44.6 Å². The first kappa shape index (κ1) is 12.9. The Balaban J connectivity index is 1.84. The molecule has 2 N–H and O–H groups in total. The molecule has 0 saturated heterocycles. The number of aryl methyl sites for hydroxylation is 1. The van der Waals surface area contributed by atoms with Gasteiger partial charge in [0.05, 0.1) is 0 Å². The minimum absolute atomic E-state index is 0.254. The molecule has 0 radical (unpaired) electrons. The number of nitrogen functional groups attached to an aromatic ring is 1. The molecule has 1 aliphatic carbocycles. The largest absolute Gasteiger partial charge is 0.399 e. The summed E-state index contributed by atoms with van der Waals surface area (Å²) in [6, 6.07) is 8.26. The van der Waals surface area contributed by atoms with Crippen molar-refractivity contribution in [3.8, 4) is 0 Å². The van der Waals surface area contributed by atoms with Gasteiger partial charge in [-0.05, 0) is 37.0 Å². The van der Waals surface area contributed by atoms with Gasteiger partial charge in [-0.15, -0.1) is 0 Å². The van der Waals surface area contributed by atoms with E-state index in [4.69, 9.17) is 5.73 Å². The molecule has 0 spiro atoms. The molecule has 0 aromatic heterocycles. The van der Waals surface area contributed by atoms with Gasteiger partial charge in [0.1, 0.15) is 0 Å². The molecule has 1 fully saturated rings. The highest BCUT2D eigenvalue weighted by molar-refractivity contribution is 5.76. The smallest absolute Gasteiger partial charge is 0.222 e. The topological polar surface area (TPSA) is 46.3 Å². The first-order valence-corrected chi connectivity index (χ1v) is 6.77. The van der Waals surface area contributed by atoms with Crippen LogP contribution in [0, 0.1) is 0 Å². The minimum atomic E-state index is 0.254. The van der Waals surface area contributed by atoms with Crippen molar-refractivity contribution in [3.63, 3.8) is 0 Å². The van der Waals surface area contributed by atoms with Crippen molar-refractivity contribution in [1.29, 1.82) is 0 Å². The minimum Gasteiger partial charge on any atom is -0.399 e. The number of benzene rings is 1. The molecule has 0 unspecified atom stereocenters. The molecule has 3 nitrogen and oxygen atoms in total. The van der Waals surface area contributed by atoms with Gasteiger partial charge in [-0.2, -0.15) is 0 Å². The number of amides is 1. The number of carbonyl (C=O) groups excluding carboxylic acids is 1. The van der Waals surface area contributed by atoms with Crippen molar-refractivity contribution >= 4 is 11.6 Å². The lowest BCUT2D eigenvalue weighted by atomic mass is 10.1. The molecule has 0 aliphatic heterocycles. The van der Waals surface area contributed by atoms with Crippen molar-refractivity contribution in [1.82, 2.24) is 4.90 Å². The van der Waals surface area contributed by atoms with Gasteiger partial charge in [-0.1, -0.05) is 25.0 Å². The molecule has 98 valence electrons. The summed E-state index contributed by atoms with van der Waals surface area (Å²) >= 11 is 0.